The fourth-order valence-electron chi connectivity index (χ4n) is 3.14. The van der Waals surface area contributed by atoms with Crippen molar-refractivity contribution in [1.29, 1.82) is 0 Å². The van der Waals surface area contributed by atoms with Crippen LogP contribution in [-0.4, -0.2) is 37.4 Å². The maximum atomic E-state index is 13.7. The fourth-order valence-corrected chi connectivity index (χ4v) is 3.14. The van der Waals surface area contributed by atoms with Gasteiger partial charge in [-0.3, -0.25) is 4.90 Å². The molecule has 0 bridgehead atoms. The van der Waals surface area contributed by atoms with Gasteiger partial charge in [-0.2, -0.15) is 0 Å². The largest absolute Gasteiger partial charge is 0.573 e. The van der Waals surface area contributed by atoms with Crippen LogP contribution in [-0.2, 0) is 0 Å². The van der Waals surface area contributed by atoms with E-state index in [1.165, 1.54) is 36.4 Å². The van der Waals surface area contributed by atoms with Crippen molar-refractivity contribution in [2.45, 2.75) is 12.4 Å². The van der Waals surface area contributed by atoms with Crippen LogP contribution < -0.4 is 10.1 Å². The second kappa shape index (κ2) is 10.2. The number of benzene rings is 2. The zero-order valence-corrected chi connectivity index (χ0v) is 16.1. The minimum absolute atomic E-state index is 0. The van der Waals surface area contributed by atoms with E-state index in [2.05, 4.69) is 10.1 Å². The highest BCUT2D eigenvalue weighted by atomic mass is 35.5. The Kier molecular flexibility index (Phi) is 8.94. The molecule has 3 nitrogen and oxygen atoms in total. The van der Waals surface area contributed by atoms with Crippen molar-refractivity contribution < 1.29 is 26.7 Å². The van der Waals surface area contributed by atoms with Crippen molar-refractivity contribution in [1.82, 2.24) is 10.2 Å². The Morgan fingerprint density at radius 1 is 0.857 bits per heavy atom. The Morgan fingerprint density at radius 3 is 1.89 bits per heavy atom. The molecule has 1 N–H and O–H groups in total. The number of alkyl halides is 3. The maximum absolute atomic E-state index is 13.7. The van der Waals surface area contributed by atoms with E-state index < -0.39 is 24.0 Å². The van der Waals surface area contributed by atoms with Crippen molar-refractivity contribution >= 4 is 24.8 Å². The predicted octanol–water partition coefficient (Wildman–Crippen LogP) is 4.70. The number of nitrogens with one attached hydrogen (secondary N) is 1. The molecule has 2 aromatic carbocycles. The first-order valence-electron chi connectivity index (χ1n) is 8.08. The van der Waals surface area contributed by atoms with Crippen molar-refractivity contribution in [3.05, 3.63) is 65.2 Å². The highest BCUT2D eigenvalue weighted by Gasteiger charge is 2.31. The number of ether oxygens (including phenoxy) is 1. The number of hydrogen-bond donors (Lipinski definition) is 1. The summed E-state index contributed by atoms with van der Waals surface area (Å²) >= 11 is 0. The van der Waals surface area contributed by atoms with Crippen LogP contribution in [0.5, 0.6) is 5.75 Å². The third-order valence-electron chi connectivity index (χ3n) is 4.15. The van der Waals surface area contributed by atoms with Gasteiger partial charge in [0.25, 0.3) is 0 Å². The summed E-state index contributed by atoms with van der Waals surface area (Å²) in [5.41, 5.74) is 1.04. The number of nitrogens with zero attached hydrogens (tertiary/aromatic N) is 1. The van der Waals surface area contributed by atoms with Crippen LogP contribution in [0.3, 0.4) is 0 Å². The number of halogens is 7. The quantitative estimate of drug-likeness (QED) is 0.691. The first kappa shape index (κ1) is 24.4. The average Bonchev–Trinajstić information content (AvgIpc) is 2.55. The lowest BCUT2D eigenvalue weighted by molar-refractivity contribution is -0.274. The van der Waals surface area contributed by atoms with Crippen LogP contribution in [0.4, 0.5) is 22.0 Å². The van der Waals surface area contributed by atoms with E-state index in [1.54, 1.807) is 0 Å². The molecule has 28 heavy (non-hydrogen) atoms. The van der Waals surface area contributed by atoms with E-state index in [4.69, 9.17) is 0 Å². The average molecular weight is 445 g/mol. The molecule has 0 amide bonds. The number of piperazine rings is 1. The molecule has 1 fully saturated rings. The summed E-state index contributed by atoms with van der Waals surface area (Å²) < 4.78 is 68.3. The molecule has 156 valence electrons. The van der Waals surface area contributed by atoms with Crippen LogP contribution in [0.2, 0.25) is 0 Å². The summed E-state index contributed by atoms with van der Waals surface area (Å²) in [6, 6.07) is 8.18. The minimum Gasteiger partial charge on any atom is -0.406 e. The van der Waals surface area contributed by atoms with Gasteiger partial charge in [0.2, 0.25) is 0 Å². The molecule has 2 aromatic rings. The summed E-state index contributed by atoms with van der Waals surface area (Å²) in [5.74, 6) is -1.74. The highest BCUT2D eigenvalue weighted by molar-refractivity contribution is 5.85. The van der Waals surface area contributed by atoms with Crippen molar-refractivity contribution in [3.63, 3.8) is 0 Å². The summed E-state index contributed by atoms with van der Waals surface area (Å²) in [7, 11) is 0. The van der Waals surface area contributed by atoms with E-state index in [0.717, 1.165) is 6.07 Å². The van der Waals surface area contributed by atoms with Gasteiger partial charge in [-0.25, -0.2) is 8.78 Å². The minimum atomic E-state index is -4.77. The van der Waals surface area contributed by atoms with Gasteiger partial charge in [-0.05, 0) is 35.4 Å². The van der Waals surface area contributed by atoms with E-state index in [0.29, 0.717) is 37.3 Å². The number of rotatable bonds is 4. The van der Waals surface area contributed by atoms with Crippen molar-refractivity contribution in [3.8, 4) is 5.75 Å². The molecule has 1 saturated heterocycles. The molecule has 1 heterocycles. The Bertz CT molecular complexity index is 732. The molecule has 0 aromatic heterocycles. The van der Waals surface area contributed by atoms with Crippen LogP contribution in [0.15, 0.2) is 42.5 Å². The summed E-state index contributed by atoms with van der Waals surface area (Å²) in [4.78, 5) is 2.03. The fraction of sp³-hybridized carbons (Fsp3) is 0.333. The lowest BCUT2D eigenvalue weighted by atomic mass is 9.96. The molecule has 1 aliphatic heterocycles. The van der Waals surface area contributed by atoms with Gasteiger partial charge >= 0.3 is 6.36 Å². The van der Waals surface area contributed by atoms with Gasteiger partial charge in [0.1, 0.15) is 17.4 Å². The topological polar surface area (TPSA) is 24.5 Å². The first-order valence-corrected chi connectivity index (χ1v) is 8.08. The molecule has 1 aliphatic rings. The summed E-state index contributed by atoms with van der Waals surface area (Å²) in [6.45, 7) is 2.71. The normalized spacial score (nSPS) is 15.9. The zero-order valence-electron chi connectivity index (χ0n) is 14.5. The molecular formula is C18H19Cl2F5N2O. The van der Waals surface area contributed by atoms with E-state index in [9.17, 15) is 22.0 Å². The predicted molar refractivity (Wildman–Crippen MR) is 100 cm³/mol. The molecular weight excluding hydrogens is 426 g/mol. The molecule has 0 aliphatic carbocycles. The Morgan fingerprint density at radius 2 is 1.39 bits per heavy atom. The van der Waals surface area contributed by atoms with Crippen LogP contribution in [0, 0.1) is 11.6 Å². The lowest BCUT2D eigenvalue weighted by Gasteiger charge is -2.35. The third kappa shape index (κ3) is 6.48. The molecule has 0 spiro atoms. The van der Waals surface area contributed by atoms with Gasteiger partial charge in [0.05, 0.1) is 6.04 Å². The molecule has 0 unspecified atom stereocenters. The SMILES string of the molecule is Cl.Cl.Fc1cc(F)cc([C@@H](c2ccc(OC(F)(F)F)cc2)N2CCNCC2)c1. The van der Waals surface area contributed by atoms with E-state index >= 15 is 0 Å². The summed E-state index contributed by atoms with van der Waals surface area (Å²) in [6.07, 6.45) is -4.77. The molecule has 0 radical (unpaired) electrons. The van der Waals surface area contributed by atoms with Gasteiger partial charge in [-0.15, -0.1) is 38.0 Å². The molecule has 1 atom stereocenters. The smallest absolute Gasteiger partial charge is 0.406 e. The van der Waals surface area contributed by atoms with Crippen LogP contribution in [0.25, 0.3) is 0 Å². The van der Waals surface area contributed by atoms with Crippen LogP contribution in [0.1, 0.15) is 17.2 Å². The van der Waals surface area contributed by atoms with Crippen molar-refractivity contribution in [2.75, 3.05) is 26.2 Å². The molecule has 3 rings (SSSR count). The Balaban J connectivity index is 0.00000196. The van der Waals surface area contributed by atoms with Gasteiger partial charge in [0, 0.05) is 32.2 Å². The number of hydrogen-bond acceptors (Lipinski definition) is 3. The van der Waals surface area contributed by atoms with E-state index in [-0.39, 0.29) is 30.6 Å². The standard InChI is InChI=1S/C18H17F5N2O.2ClH/c19-14-9-13(10-15(20)11-14)17(25-7-5-24-6-8-25)12-1-3-16(4-2-12)26-18(21,22)23;;/h1-4,9-11,17,24H,5-8H2;2*1H/t17-;;/m1../s1. The van der Waals surface area contributed by atoms with Crippen molar-refractivity contribution in [2.24, 2.45) is 0 Å². The molecule has 10 heteroatoms. The van der Waals surface area contributed by atoms with Gasteiger partial charge in [0.15, 0.2) is 0 Å². The van der Waals surface area contributed by atoms with E-state index in [1.807, 2.05) is 4.90 Å². The zero-order chi connectivity index (χ0) is 18.7. The lowest BCUT2D eigenvalue weighted by Crippen LogP contribution is -2.45. The first-order chi connectivity index (χ1) is 12.3. The Hall–Kier alpha value is -1.61. The molecule has 0 saturated carbocycles. The second-order valence-corrected chi connectivity index (χ2v) is 6.01. The van der Waals surface area contributed by atoms with Gasteiger partial charge < -0.3 is 10.1 Å². The van der Waals surface area contributed by atoms with Gasteiger partial charge in [-0.1, -0.05) is 12.1 Å². The maximum Gasteiger partial charge on any atom is 0.573 e. The third-order valence-corrected chi connectivity index (χ3v) is 4.15. The second-order valence-electron chi connectivity index (χ2n) is 6.01. The highest BCUT2D eigenvalue weighted by Crippen LogP contribution is 2.32. The monoisotopic (exact) mass is 444 g/mol. The summed E-state index contributed by atoms with van der Waals surface area (Å²) in [5, 5.41) is 3.20. The van der Waals surface area contributed by atoms with Crippen LogP contribution >= 0.6 is 24.8 Å². The Labute approximate surface area is 171 Å².